The summed E-state index contributed by atoms with van der Waals surface area (Å²) in [7, 11) is -2.51. The Balaban J connectivity index is 1.70. The molecule has 0 spiro atoms. The average Bonchev–Trinajstić information content (AvgIpc) is 3.40. The molecule has 5 unspecified atom stereocenters. The van der Waals surface area contributed by atoms with Crippen LogP contribution in [0.2, 0.25) is 0 Å². The lowest BCUT2D eigenvalue weighted by Gasteiger charge is -2.25. The summed E-state index contributed by atoms with van der Waals surface area (Å²) in [5.41, 5.74) is 0. The number of benzene rings is 1. The zero-order valence-corrected chi connectivity index (χ0v) is 20.6. The Morgan fingerprint density at radius 3 is 2.48 bits per heavy atom. The molecule has 2 N–H and O–H groups in total. The van der Waals surface area contributed by atoms with Gasteiger partial charge in [0.15, 0.2) is 0 Å². The zero-order chi connectivity index (χ0) is 24.0. The highest BCUT2D eigenvalue weighted by Gasteiger charge is 2.48. The molecule has 10 heteroatoms. The third-order valence-corrected chi connectivity index (χ3v) is 7.59. The van der Waals surface area contributed by atoms with E-state index in [9.17, 15) is 14.5 Å². The number of methoxy groups -OCH3 is 1. The smallest absolute Gasteiger partial charge is 0.459 e. The number of para-hydroxylation sites is 1. The minimum atomic E-state index is -4.02. The van der Waals surface area contributed by atoms with Crippen LogP contribution in [-0.2, 0) is 28.1 Å². The van der Waals surface area contributed by atoms with Crippen LogP contribution in [0.1, 0.15) is 46.5 Å². The number of ether oxygens (including phenoxy) is 3. The second-order valence-corrected chi connectivity index (χ2v) is 10.6. The minimum Gasteiger partial charge on any atom is -0.462 e. The number of rotatable bonds is 11. The van der Waals surface area contributed by atoms with Crippen LogP contribution in [0.3, 0.4) is 0 Å². The second kappa shape index (κ2) is 11.8. The van der Waals surface area contributed by atoms with Crippen molar-refractivity contribution in [1.82, 2.24) is 5.09 Å². The van der Waals surface area contributed by atoms with E-state index in [0.29, 0.717) is 5.75 Å². The number of aliphatic hydroxyl groups is 1. The molecule has 0 amide bonds. The average molecular weight is 486 g/mol. The van der Waals surface area contributed by atoms with Gasteiger partial charge >= 0.3 is 13.7 Å². The molecule has 186 valence electrons. The van der Waals surface area contributed by atoms with Crippen molar-refractivity contribution in [3.05, 3.63) is 30.3 Å². The Labute approximate surface area is 195 Å². The predicted octanol–water partition coefficient (Wildman–Crippen LogP) is 3.45. The summed E-state index contributed by atoms with van der Waals surface area (Å²) in [6, 6.07) is 7.60. The Kier molecular flexibility index (Phi) is 9.33. The number of hydrogen-bond donors (Lipinski definition) is 2. The van der Waals surface area contributed by atoms with E-state index in [2.05, 4.69) is 5.09 Å². The second-order valence-electron chi connectivity index (χ2n) is 8.91. The van der Waals surface area contributed by atoms with Crippen molar-refractivity contribution < 1.29 is 37.7 Å². The molecule has 1 saturated carbocycles. The Morgan fingerprint density at radius 2 is 1.88 bits per heavy atom. The van der Waals surface area contributed by atoms with Gasteiger partial charge in [-0.05, 0) is 51.7 Å². The highest BCUT2D eigenvalue weighted by molar-refractivity contribution is 7.52. The fourth-order valence-corrected chi connectivity index (χ4v) is 5.88. The predicted molar refractivity (Wildman–Crippen MR) is 122 cm³/mol. The molecule has 1 heterocycles. The molecule has 9 nitrogen and oxygen atoms in total. The number of carbonyl (C=O) groups excluding carboxylic acids is 1. The molecule has 2 aliphatic rings. The van der Waals surface area contributed by atoms with Gasteiger partial charge < -0.3 is 23.8 Å². The summed E-state index contributed by atoms with van der Waals surface area (Å²) in [6.07, 6.45) is 1.50. The molecule has 1 aliphatic heterocycles. The molecular formula is C23H36NO8P. The van der Waals surface area contributed by atoms with Gasteiger partial charge in [0.05, 0.1) is 18.8 Å². The summed E-state index contributed by atoms with van der Waals surface area (Å²) in [6.45, 7) is 4.84. The van der Waals surface area contributed by atoms with E-state index in [1.165, 1.54) is 14.0 Å². The van der Waals surface area contributed by atoms with Gasteiger partial charge in [0, 0.05) is 7.11 Å². The van der Waals surface area contributed by atoms with Crippen molar-refractivity contribution in [3.8, 4) is 5.75 Å². The molecule has 0 bridgehead atoms. The zero-order valence-electron chi connectivity index (χ0n) is 19.7. The molecule has 0 aromatic heterocycles. The van der Waals surface area contributed by atoms with Gasteiger partial charge in [-0.2, -0.15) is 5.09 Å². The van der Waals surface area contributed by atoms with Crippen LogP contribution in [0.5, 0.6) is 5.75 Å². The van der Waals surface area contributed by atoms with E-state index in [1.807, 2.05) is 0 Å². The van der Waals surface area contributed by atoms with Gasteiger partial charge in [-0.25, -0.2) is 4.57 Å². The molecule has 1 aromatic carbocycles. The molecule has 2 fully saturated rings. The standard InChI is InChI=1S/C23H36NO8P/c1-15(2)30-23(26)16(3)24-33(27,32-18-12-6-5-7-13-18)29-14-19-22(28-4)20(25)21(31-19)17-10-8-9-11-17/h5-7,12-13,15-17,19-22,25H,8-11,14H2,1-4H3,(H,24,27)/t16-,19?,20?,21?,22?,33?/m0/s1. The van der Waals surface area contributed by atoms with Crippen LogP contribution in [0.15, 0.2) is 30.3 Å². The van der Waals surface area contributed by atoms with E-state index < -0.39 is 38.1 Å². The third kappa shape index (κ3) is 7.01. The molecule has 1 saturated heterocycles. The lowest BCUT2D eigenvalue weighted by molar-refractivity contribution is -0.149. The van der Waals surface area contributed by atoms with Gasteiger partial charge in [-0.3, -0.25) is 9.32 Å². The van der Waals surface area contributed by atoms with Crippen LogP contribution >= 0.6 is 7.75 Å². The first-order chi connectivity index (χ1) is 15.7. The van der Waals surface area contributed by atoms with Crippen LogP contribution in [0, 0.1) is 5.92 Å². The molecular weight excluding hydrogens is 449 g/mol. The monoisotopic (exact) mass is 485 g/mol. The number of nitrogens with one attached hydrogen (secondary N) is 1. The van der Waals surface area contributed by atoms with Crippen LogP contribution < -0.4 is 9.61 Å². The Bertz CT molecular complexity index is 801. The molecule has 33 heavy (non-hydrogen) atoms. The van der Waals surface area contributed by atoms with E-state index in [0.717, 1.165) is 25.7 Å². The highest BCUT2D eigenvalue weighted by atomic mass is 31.2. The van der Waals surface area contributed by atoms with E-state index in [4.69, 9.17) is 23.3 Å². The number of esters is 1. The van der Waals surface area contributed by atoms with Gasteiger partial charge in [0.1, 0.15) is 30.1 Å². The van der Waals surface area contributed by atoms with E-state index in [1.54, 1.807) is 44.2 Å². The van der Waals surface area contributed by atoms with Crippen LogP contribution in [-0.4, -0.2) is 61.4 Å². The first-order valence-electron chi connectivity index (χ1n) is 11.6. The van der Waals surface area contributed by atoms with Gasteiger partial charge in [0.2, 0.25) is 0 Å². The van der Waals surface area contributed by atoms with Crippen molar-refractivity contribution in [3.63, 3.8) is 0 Å². The van der Waals surface area contributed by atoms with Crippen molar-refractivity contribution in [2.24, 2.45) is 5.92 Å². The first-order valence-corrected chi connectivity index (χ1v) is 13.1. The van der Waals surface area contributed by atoms with Crippen molar-refractivity contribution in [1.29, 1.82) is 0 Å². The molecule has 1 aromatic rings. The number of hydrogen-bond acceptors (Lipinski definition) is 8. The normalized spacial score (nSPS) is 28.5. The van der Waals surface area contributed by atoms with Gasteiger partial charge in [-0.15, -0.1) is 0 Å². The SMILES string of the molecule is COC1C(COP(=O)(N[C@@H](C)C(=O)OC(C)C)Oc2ccccc2)OC(C2CCCC2)C1O. The molecule has 6 atom stereocenters. The van der Waals surface area contributed by atoms with Gasteiger partial charge in [-0.1, -0.05) is 31.0 Å². The van der Waals surface area contributed by atoms with E-state index in [-0.39, 0.29) is 24.7 Å². The minimum absolute atomic E-state index is 0.151. The van der Waals surface area contributed by atoms with Crippen LogP contribution in [0.25, 0.3) is 0 Å². The lowest BCUT2D eigenvalue weighted by Crippen LogP contribution is -2.39. The fraction of sp³-hybridized carbons (Fsp3) is 0.696. The number of aliphatic hydroxyl groups excluding tert-OH is 1. The maximum Gasteiger partial charge on any atom is 0.459 e. The molecule has 1 aliphatic carbocycles. The first kappa shape index (κ1) is 26.1. The maximum atomic E-state index is 13.6. The summed E-state index contributed by atoms with van der Waals surface area (Å²) in [5, 5.41) is 13.4. The van der Waals surface area contributed by atoms with Crippen molar-refractivity contribution in [2.75, 3.05) is 13.7 Å². The van der Waals surface area contributed by atoms with Crippen molar-refractivity contribution in [2.45, 2.75) is 83.0 Å². The van der Waals surface area contributed by atoms with Crippen LogP contribution in [0.4, 0.5) is 0 Å². The van der Waals surface area contributed by atoms with E-state index >= 15 is 0 Å². The van der Waals surface area contributed by atoms with Gasteiger partial charge in [0.25, 0.3) is 0 Å². The lowest BCUT2D eigenvalue weighted by atomic mass is 9.95. The summed E-state index contributed by atoms with van der Waals surface area (Å²) in [4.78, 5) is 12.3. The third-order valence-electron chi connectivity index (χ3n) is 5.94. The highest BCUT2D eigenvalue weighted by Crippen LogP contribution is 2.46. The molecule has 0 radical (unpaired) electrons. The summed E-state index contributed by atoms with van der Waals surface area (Å²) in [5.74, 6) is 0.00493. The quantitative estimate of drug-likeness (QED) is 0.359. The molecule has 3 rings (SSSR count). The topological polar surface area (TPSA) is 113 Å². The number of carbonyl (C=O) groups is 1. The largest absolute Gasteiger partial charge is 0.462 e. The summed E-state index contributed by atoms with van der Waals surface area (Å²) < 4.78 is 41.8. The summed E-state index contributed by atoms with van der Waals surface area (Å²) >= 11 is 0. The Hall–Kier alpha value is -1.48. The maximum absolute atomic E-state index is 13.6. The van der Waals surface area contributed by atoms with Crippen molar-refractivity contribution >= 4 is 13.7 Å². The Morgan fingerprint density at radius 1 is 1.21 bits per heavy atom. The fourth-order valence-electron chi connectivity index (χ4n) is 4.37.